The van der Waals surface area contributed by atoms with Crippen LogP contribution in [0.25, 0.3) is 0 Å². The highest BCUT2D eigenvalue weighted by molar-refractivity contribution is 5.25. The zero-order valence-corrected chi connectivity index (χ0v) is 11.6. The Morgan fingerprint density at radius 1 is 1.11 bits per heavy atom. The first-order chi connectivity index (χ1) is 9.33. The molecule has 0 saturated heterocycles. The molecule has 1 aromatic carbocycles. The second-order valence-corrected chi connectivity index (χ2v) is 4.65. The highest BCUT2D eigenvalue weighted by Crippen LogP contribution is 2.17. The molecule has 0 aliphatic carbocycles. The summed E-state index contributed by atoms with van der Waals surface area (Å²) in [6, 6.07) is 13.1. The lowest BCUT2D eigenvalue weighted by molar-refractivity contribution is 0.512. The molecule has 0 aliphatic heterocycles. The number of rotatable bonds is 6. The third kappa shape index (κ3) is 3.86. The van der Waals surface area contributed by atoms with Crippen molar-refractivity contribution in [2.45, 2.75) is 39.3 Å². The van der Waals surface area contributed by atoms with Gasteiger partial charge in [-0.15, -0.1) is 0 Å². The van der Waals surface area contributed by atoms with E-state index in [-0.39, 0.29) is 0 Å². The number of nitrogens with zero attached hydrogens (tertiary/aromatic N) is 2. The van der Waals surface area contributed by atoms with Crippen molar-refractivity contribution in [1.29, 1.82) is 0 Å². The maximum atomic E-state index is 4.09. The molecule has 2 rings (SSSR count). The largest absolute Gasteiger partial charge is 0.304 e. The molecule has 1 N–H and O–H groups in total. The summed E-state index contributed by atoms with van der Waals surface area (Å²) in [6.07, 6.45) is 3.85. The Kier molecular flexibility index (Phi) is 5.04. The summed E-state index contributed by atoms with van der Waals surface area (Å²) >= 11 is 0. The number of nitrogens with one attached hydrogen (secondary N) is 1. The minimum absolute atomic E-state index is 0.368. The molecule has 19 heavy (non-hydrogen) atoms. The highest BCUT2D eigenvalue weighted by Gasteiger charge is 2.08. The fourth-order valence-electron chi connectivity index (χ4n) is 2.14. The number of aryl methyl sites for hydroxylation is 1. The van der Waals surface area contributed by atoms with Gasteiger partial charge in [-0.05, 0) is 36.1 Å². The Morgan fingerprint density at radius 2 is 1.89 bits per heavy atom. The number of benzene rings is 1. The average molecular weight is 255 g/mol. The highest BCUT2D eigenvalue weighted by atomic mass is 15.1. The molecule has 0 saturated carbocycles. The molecule has 0 aliphatic rings. The molecule has 1 aromatic heterocycles. The lowest BCUT2D eigenvalue weighted by Crippen LogP contribution is -2.21. The quantitative estimate of drug-likeness (QED) is 0.860. The Bertz CT molecular complexity index is 479. The second kappa shape index (κ2) is 7.00. The van der Waals surface area contributed by atoms with Gasteiger partial charge in [0.15, 0.2) is 0 Å². The van der Waals surface area contributed by atoms with Crippen LogP contribution in [0.3, 0.4) is 0 Å². The lowest BCUT2D eigenvalue weighted by atomic mass is 10.0. The van der Waals surface area contributed by atoms with Crippen LogP contribution in [0.2, 0.25) is 0 Å². The van der Waals surface area contributed by atoms with Crippen LogP contribution >= 0.6 is 0 Å². The maximum absolute atomic E-state index is 4.09. The first-order valence-electron chi connectivity index (χ1n) is 6.92. The Morgan fingerprint density at radius 3 is 2.47 bits per heavy atom. The van der Waals surface area contributed by atoms with Gasteiger partial charge >= 0.3 is 0 Å². The van der Waals surface area contributed by atoms with Gasteiger partial charge in [-0.1, -0.05) is 38.1 Å². The van der Waals surface area contributed by atoms with Gasteiger partial charge in [0.25, 0.3) is 0 Å². The van der Waals surface area contributed by atoms with Gasteiger partial charge in [-0.25, -0.2) is 0 Å². The van der Waals surface area contributed by atoms with Crippen LogP contribution in [0.4, 0.5) is 0 Å². The molecular weight excluding hydrogens is 234 g/mol. The third-order valence-electron chi connectivity index (χ3n) is 3.36. The standard InChI is InChI=1S/C16H21N3/c1-3-13-7-9-14(10-8-13)16(4-2)17-12-15-6-5-11-18-19-15/h5-11,16-17H,3-4,12H2,1-2H3. The van der Waals surface area contributed by atoms with Crippen LogP contribution in [0.15, 0.2) is 42.6 Å². The van der Waals surface area contributed by atoms with Gasteiger partial charge in [0.1, 0.15) is 0 Å². The van der Waals surface area contributed by atoms with Crippen molar-refractivity contribution in [2.24, 2.45) is 0 Å². The van der Waals surface area contributed by atoms with Crippen molar-refractivity contribution >= 4 is 0 Å². The van der Waals surface area contributed by atoms with E-state index in [1.54, 1.807) is 6.20 Å². The van der Waals surface area contributed by atoms with E-state index in [1.807, 2.05) is 12.1 Å². The molecule has 3 heteroatoms. The van der Waals surface area contributed by atoms with E-state index in [2.05, 4.69) is 53.6 Å². The summed E-state index contributed by atoms with van der Waals surface area (Å²) in [5, 5.41) is 11.5. The minimum Gasteiger partial charge on any atom is -0.304 e. The van der Waals surface area contributed by atoms with Gasteiger partial charge in [0, 0.05) is 18.8 Å². The normalized spacial score (nSPS) is 12.3. The van der Waals surface area contributed by atoms with Crippen LogP contribution < -0.4 is 5.32 Å². The third-order valence-corrected chi connectivity index (χ3v) is 3.36. The summed E-state index contributed by atoms with van der Waals surface area (Å²) in [6.45, 7) is 5.13. The van der Waals surface area contributed by atoms with Crippen LogP contribution in [0, 0.1) is 0 Å². The number of hydrogen-bond donors (Lipinski definition) is 1. The molecule has 1 heterocycles. The minimum atomic E-state index is 0.368. The molecule has 0 bridgehead atoms. The van der Waals surface area contributed by atoms with E-state index in [1.165, 1.54) is 11.1 Å². The smallest absolute Gasteiger partial charge is 0.0769 e. The first kappa shape index (κ1) is 13.7. The van der Waals surface area contributed by atoms with Crippen LogP contribution in [0.5, 0.6) is 0 Å². The molecule has 1 unspecified atom stereocenters. The SMILES string of the molecule is CCc1ccc(C(CC)NCc2cccnn2)cc1. The van der Waals surface area contributed by atoms with Crippen molar-refractivity contribution in [2.75, 3.05) is 0 Å². The second-order valence-electron chi connectivity index (χ2n) is 4.65. The zero-order chi connectivity index (χ0) is 13.5. The number of hydrogen-bond acceptors (Lipinski definition) is 3. The van der Waals surface area contributed by atoms with E-state index in [0.717, 1.165) is 25.1 Å². The molecule has 0 amide bonds. The molecule has 3 nitrogen and oxygen atoms in total. The predicted molar refractivity (Wildman–Crippen MR) is 77.7 cm³/mol. The molecular formula is C16H21N3. The Labute approximate surface area is 115 Å². The molecule has 0 fully saturated rings. The average Bonchev–Trinajstić information content (AvgIpc) is 2.49. The van der Waals surface area contributed by atoms with Crippen molar-refractivity contribution in [3.63, 3.8) is 0 Å². The van der Waals surface area contributed by atoms with Gasteiger partial charge < -0.3 is 5.32 Å². The van der Waals surface area contributed by atoms with Gasteiger partial charge in [0.05, 0.1) is 5.69 Å². The lowest BCUT2D eigenvalue weighted by Gasteiger charge is -2.17. The predicted octanol–water partition coefficient (Wildman–Crippen LogP) is 3.28. The van der Waals surface area contributed by atoms with Gasteiger partial charge in [-0.3, -0.25) is 0 Å². The summed E-state index contributed by atoms with van der Waals surface area (Å²) in [5.74, 6) is 0. The van der Waals surface area contributed by atoms with E-state index in [9.17, 15) is 0 Å². The summed E-state index contributed by atoms with van der Waals surface area (Å²) in [5.41, 5.74) is 3.70. The molecule has 0 spiro atoms. The van der Waals surface area contributed by atoms with Crippen LogP contribution in [-0.4, -0.2) is 10.2 Å². The molecule has 0 radical (unpaired) electrons. The van der Waals surface area contributed by atoms with E-state index in [4.69, 9.17) is 0 Å². The van der Waals surface area contributed by atoms with Crippen molar-refractivity contribution in [3.8, 4) is 0 Å². The van der Waals surface area contributed by atoms with Gasteiger partial charge in [0.2, 0.25) is 0 Å². The van der Waals surface area contributed by atoms with Crippen LogP contribution in [-0.2, 0) is 13.0 Å². The molecule has 2 aromatic rings. The zero-order valence-electron chi connectivity index (χ0n) is 11.6. The van der Waals surface area contributed by atoms with Gasteiger partial charge in [-0.2, -0.15) is 10.2 Å². The number of aromatic nitrogens is 2. The fraction of sp³-hybridized carbons (Fsp3) is 0.375. The fourth-order valence-corrected chi connectivity index (χ4v) is 2.14. The van der Waals surface area contributed by atoms with Crippen molar-refractivity contribution in [3.05, 3.63) is 59.4 Å². The van der Waals surface area contributed by atoms with E-state index < -0.39 is 0 Å². The van der Waals surface area contributed by atoms with Crippen molar-refractivity contribution < 1.29 is 0 Å². The molecule has 100 valence electrons. The Balaban J connectivity index is 1.99. The summed E-state index contributed by atoms with van der Waals surface area (Å²) in [7, 11) is 0. The first-order valence-corrected chi connectivity index (χ1v) is 6.92. The van der Waals surface area contributed by atoms with E-state index >= 15 is 0 Å². The summed E-state index contributed by atoms with van der Waals surface area (Å²) in [4.78, 5) is 0. The van der Waals surface area contributed by atoms with E-state index in [0.29, 0.717) is 6.04 Å². The Hall–Kier alpha value is -1.74. The topological polar surface area (TPSA) is 37.8 Å². The molecule has 1 atom stereocenters. The monoisotopic (exact) mass is 255 g/mol. The summed E-state index contributed by atoms with van der Waals surface area (Å²) < 4.78 is 0. The van der Waals surface area contributed by atoms with Crippen LogP contribution in [0.1, 0.15) is 43.1 Å². The van der Waals surface area contributed by atoms with Crippen molar-refractivity contribution in [1.82, 2.24) is 15.5 Å². The maximum Gasteiger partial charge on any atom is 0.0769 e.